The number of halogens is 1. The van der Waals surface area contributed by atoms with E-state index >= 15 is 0 Å². The number of nitrogens with zero attached hydrogens (tertiary/aromatic N) is 2. The lowest BCUT2D eigenvalue weighted by atomic mass is 10.00. The number of benzene rings is 2. The number of hydrogen-bond acceptors (Lipinski definition) is 7. The number of carbonyl (C=O) groups excluding carboxylic acids is 1. The van der Waals surface area contributed by atoms with Gasteiger partial charge in [-0.2, -0.15) is 5.26 Å². The average Bonchev–Trinajstić information content (AvgIpc) is 3.00. The van der Waals surface area contributed by atoms with E-state index in [2.05, 4.69) is 16.0 Å². The van der Waals surface area contributed by atoms with Crippen molar-refractivity contribution < 1.29 is 18.3 Å². The van der Waals surface area contributed by atoms with Crippen LogP contribution in [-0.4, -0.2) is 55.4 Å². The second-order valence-electron chi connectivity index (χ2n) is 8.28. The predicted octanol–water partition coefficient (Wildman–Crippen LogP) is 1.06. The van der Waals surface area contributed by atoms with Crippen molar-refractivity contribution in [2.24, 2.45) is 7.05 Å². The van der Waals surface area contributed by atoms with Gasteiger partial charge in [0, 0.05) is 32.6 Å². The molecule has 1 aliphatic heterocycles. The molecule has 0 bridgehead atoms. The van der Waals surface area contributed by atoms with Crippen LogP contribution in [0.4, 0.5) is 4.39 Å². The molecule has 3 N–H and O–H groups in total. The second-order valence-corrected chi connectivity index (χ2v) is 8.28. The highest BCUT2D eigenvalue weighted by atomic mass is 19.1. The molecule has 0 spiro atoms. The maximum atomic E-state index is 14.9. The van der Waals surface area contributed by atoms with E-state index in [0.29, 0.717) is 41.9 Å². The van der Waals surface area contributed by atoms with E-state index < -0.39 is 29.6 Å². The van der Waals surface area contributed by atoms with Gasteiger partial charge in [0.05, 0.1) is 18.2 Å². The summed E-state index contributed by atoms with van der Waals surface area (Å²) in [5.74, 6) is -1.37. The first-order valence-electron chi connectivity index (χ1n) is 11.0. The smallest absolute Gasteiger partial charge is 0.408 e. The Morgan fingerprint density at radius 3 is 2.79 bits per heavy atom. The SMILES string of the molecule is CN[C@H]1CNC[C@@H](C(=O)N[C@H](C#N)Cc2ccc(-c3ccc4oc(=O)n(C)c4c3)cc2F)OC1. The molecule has 1 amide bonds. The highest BCUT2D eigenvalue weighted by molar-refractivity contribution is 5.82. The first kappa shape index (κ1) is 23.6. The minimum atomic E-state index is -0.906. The quantitative estimate of drug-likeness (QED) is 0.496. The van der Waals surface area contributed by atoms with Crippen molar-refractivity contribution in [2.75, 3.05) is 26.7 Å². The Hall–Kier alpha value is -3.52. The van der Waals surface area contributed by atoms with Crippen LogP contribution in [0.5, 0.6) is 0 Å². The summed E-state index contributed by atoms with van der Waals surface area (Å²) in [5.41, 5.74) is 2.71. The Morgan fingerprint density at radius 1 is 1.29 bits per heavy atom. The van der Waals surface area contributed by atoms with Crippen LogP contribution in [0.1, 0.15) is 5.56 Å². The van der Waals surface area contributed by atoms with E-state index in [4.69, 9.17) is 9.15 Å². The van der Waals surface area contributed by atoms with Gasteiger partial charge in [-0.15, -0.1) is 0 Å². The Labute approximate surface area is 195 Å². The number of ether oxygens (including phenoxy) is 1. The summed E-state index contributed by atoms with van der Waals surface area (Å²) < 4.78 is 27.1. The maximum absolute atomic E-state index is 14.9. The fraction of sp³-hybridized carbons (Fsp3) is 0.375. The molecule has 3 atom stereocenters. The number of carbonyl (C=O) groups is 1. The van der Waals surface area contributed by atoms with Gasteiger partial charge >= 0.3 is 5.76 Å². The standard InChI is InChI=1S/C24H26FN5O4/c1-27-18-11-28-12-22(33-13-18)23(31)29-17(10-26)7-16-4-3-14(8-19(16)25)15-5-6-21-20(9-15)30(2)24(32)34-21/h3-6,8-9,17-18,22,27-28H,7,11-13H2,1-2H3,(H,29,31)/t17-,18-,22-/m0/s1. The van der Waals surface area contributed by atoms with E-state index in [1.54, 1.807) is 37.4 Å². The van der Waals surface area contributed by atoms with Crippen LogP contribution in [0.2, 0.25) is 0 Å². The number of aryl methyl sites for hydroxylation is 1. The van der Waals surface area contributed by atoms with Gasteiger partial charge in [0.2, 0.25) is 0 Å². The third-order valence-corrected chi connectivity index (χ3v) is 5.99. The van der Waals surface area contributed by atoms with Gasteiger partial charge in [-0.1, -0.05) is 18.2 Å². The summed E-state index contributed by atoms with van der Waals surface area (Å²) in [5, 5.41) is 18.4. The average molecular weight is 468 g/mol. The van der Waals surface area contributed by atoms with E-state index in [0.717, 1.165) is 5.56 Å². The van der Waals surface area contributed by atoms with Crippen molar-refractivity contribution in [3.63, 3.8) is 0 Å². The Morgan fingerprint density at radius 2 is 2.06 bits per heavy atom. The molecule has 178 valence electrons. The minimum absolute atomic E-state index is 0.0168. The molecule has 10 heteroatoms. The van der Waals surface area contributed by atoms with Gasteiger partial charge in [-0.05, 0) is 41.9 Å². The molecule has 0 unspecified atom stereocenters. The minimum Gasteiger partial charge on any atom is -0.408 e. The Kier molecular flexibility index (Phi) is 7.07. The van der Waals surface area contributed by atoms with Gasteiger partial charge < -0.3 is 25.1 Å². The van der Waals surface area contributed by atoms with Crippen molar-refractivity contribution in [2.45, 2.75) is 24.6 Å². The van der Waals surface area contributed by atoms with Crippen LogP contribution in [0.15, 0.2) is 45.6 Å². The van der Waals surface area contributed by atoms with Gasteiger partial charge in [-0.25, -0.2) is 9.18 Å². The lowest BCUT2D eigenvalue weighted by Crippen LogP contribution is -2.46. The normalized spacial score (nSPS) is 19.4. The third kappa shape index (κ3) is 5.02. The molecular weight excluding hydrogens is 441 g/mol. The van der Waals surface area contributed by atoms with Crippen LogP contribution in [-0.2, 0) is 23.0 Å². The third-order valence-electron chi connectivity index (χ3n) is 5.99. The number of oxazole rings is 1. The largest absolute Gasteiger partial charge is 0.419 e. The lowest BCUT2D eigenvalue weighted by molar-refractivity contribution is -0.132. The Balaban J connectivity index is 1.45. The van der Waals surface area contributed by atoms with Gasteiger partial charge in [0.1, 0.15) is 18.0 Å². The first-order chi connectivity index (χ1) is 16.4. The second kappa shape index (κ2) is 10.2. The molecule has 2 heterocycles. The van der Waals surface area contributed by atoms with E-state index in [1.807, 2.05) is 13.1 Å². The van der Waals surface area contributed by atoms with Crippen LogP contribution in [0.3, 0.4) is 0 Å². The summed E-state index contributed by atoms with van der Waals surface area (Å²) in [6, 6.07) is 11.1. The molecule has 0 radical (unpaired) electrons. The molecule has 2 aromatic carbocycles. The van der Waals surface area contributed by atoms with Crippen molar-refractivity contribution >= 4 is 17.0 Å². The zero-order valence-corrected chi connectivity index (χ0v) is 18.9. The van der Waals surface area contributed by atoms with Crippen molar-refractivity contribution in [3.05, 3.63) is 58.3 Å². The molecule has 34 heavy (non-hydrogen) atoms. The molecular formula is C24H26FN5O4. The molecule has 9 nitrogen and oxygen atoms in total. The van der Waals surface area contributed by atoms with Gasteiger partial charge in [-0.3, -0.25) is 9.36 Å². The number of aromatic nitrogens is 1. The lowest BCUT2D eigenvalue weighted by Gasteiger charge is -2.18. The highest BCUT2D eigenvalue weighted by Crippen LogP contribution is 2.26. The van der Waals surface area contributed by atoms with Crippen LogP contribution < -0.4 is 21.7 Å². The number of fused-ring (bicyclic) bond motifs is 1. The fourth-order valence-electron chi connectivity index (χ4n) is 3.90. The van der Waals surface area contributed by atoms with Crippen LogP contribution >= 0.6 is 0 Å². The number of nitriles is 1. The number of amides is 1. The number of nitrogens with one attached hydrogen (secondary N) is 3. The van der Waals surface area contributed by atoms with E-state index in [1.165, 1.54) is 10.6 Å². The molecule has 1 fully saturated rings. The molecule has 1 aliphatic rings. The van der Waals surface area contributed by atoms with Crippen LogP contribution in [0.25, 0.3) is 22.2 Å². The summed E-state index contributed by atoms with van der Waals surface area (Å²) in [6.45, 7) is 1.37. The van der Waals surface area contributed by atoms with Gasteiger partial charge in [0.15, 0.2) is 5.58 Å². The number of hydrogen-bond donors (Lipinski definition) is 3. The monoisotopic (exact) mass is 467 g/mol. The first-order valence-corrected chi connectivity index (χ1v) is 11.0. The molecule has 3 aromatic rings. The van der Waals surface area contributed by atoms with E-state index in [9.17, 15) is 19.2 Å². The fourth-order valence-corrected chi connectivity index (χ4v) is 3.90. The predicted molar refractivity (Wildman–Crippen MR) is 124 cm³/mol. The van der Waals surface area contributed by atoms with Crippen molar-refractivity contribution in [1.29, 1.82) is 5.26 Å². The molecule has 1 aromatic heterocycles. The summed E-state index contributed by atoms with van der Waals surface area (Å²) >= 11 is 0. The molecule has 1 saturated heterocycles. The molecule has 0 saturated carbocycles. The molecule has 0 aliphatic carbocycles. The van der Waals surface area contributed by atoms with Crippen molar-refractivity contribution in [3.8, 4) is 17.2 Å². The maximum Gasteiger partial charge on any atom is 0.419 e. The number of likely N-dealkylation sites (N-methyl/N-ethyl adjacent to an activating group) is 1. The highest BCUT2D eigenvalue weighted by Gasteiger charge is 2.26. The van der Waals surface area contributed by atoms with Gasteiger partial charge in [0.25, 0.3) is 5.91 Å². The van der Waals surface area contributed by atoms with E-state index in [-0.39, 0.29) is 12.5 Å². The zero-order valence-electron chi connectivity index (χ0n) is 18.9. The zero-order chi connectivity index (χ0) is 24.2. The Bertz CT molecular complexity index is 1290. The number of rotatable bonds is 6. The summed E-state index contributed by atoms with van der Waals surface area (Å²) in [6.07, 6.45) is -0.710. The van der Waals surface area contributed by atoms with Crippen LogP contribution in [0, 0.1) is 17.1 Å². The molecule has 4 rings (SSSR count). The van der Waals surface area contributed by atoms with Crippen molar-refractivity contribution in [1.82, 2.24) is 20.5 Å². The summed E-state index contributed by atoms with van der Waals surface area (Å²) in [4.78, 5) is 24.3. The summed E-state index contributed by atoms with van der Waals surface area (Å²) in [7, 11) is 3.42. The topological polar surface area (TPSA) is 121 Å².